The van der Waals surface area contributed by atoms with Crippen LogP contribution < -0.4 is 10.0 Å². The van der Waals surface area contributed by atoms with Crippen LogP contribution in [0.5, 0.6) is 0 Å². The van der Waals surface area contributed by atoms with E-state index in [1.807, 2.05) is 30.3 Å². The SMILES string of the molecule is CC(C)S(=O)(=O)NC1CCN(C(=O)Nc2nnc(-c3ccccc3)s2)CC1. The first-order chi connectivity index (χ1) is 12.8. The average molecular weight is 410 g/mol. The number of sulfonamides is 1. The van der Waals surface area contributed by atoms with E-state index in [-0.39, 0.29) is 12.1 Å². The van der Waals surface area contributed by atoms with Crippen molar-refractivity contribution < 1.29 is 13.2 Å². The highest BCUT2D eigenvalue weighted by molar-refractivity contribution is 7.90. The first-order valence-electron chi connectivity index (χ1n) is 8.81. The monoisotopic (exact) mass is 409 g/mol. The number of nitrogens with zero attached hydrogens (tertiary/aromatic N) is 3. The average Bonchev–Trinajstić information content (AvgIpc) is 3.11. The second kappa shape index (κ2) is 8.32. The molecule has 1 aromatic carbocycles. The molecule has 0 radical (unpaired) electrons. The minimum absolute atomic E-state index is 0.132. The van der Waals surface area contributed by atoms with E-state index in [1.54, 1.807) is 18.7 Å². The van der Waals surface area contributed by atoms with E-state index >= 15 is 0 Å². The Kier molecular flexibility index (Phi) is 6.08. The summed E-state index contributed by atoms with van der Waals surface area (Å²) in [6, 6.07) is 9.28. The lowest BCUT2D eigenvalue weighted by Crippen LogP contribution is -2.48. The summed E-state index contributed by atoms with van der Waals surface area (Å²) < 4.78 is 26.6. The number of piperidine rings is 1. The molecule has 1 fully saturated rings. The molecule has 1 aromatic heterocycles. The largest absolute Gasteiger partial charge is 0.324 e. The lowest BCUT2D eigenvalue weighted by atomic mass is 10.1. The van der Waals surface area contributed by atoms with E-state index in [9.17, 15) is 13.2 Å². The first kappa shape index (κ1) is 19.7. The maximum atomic E-state index is 12.4. The van der Waals surface area contributed by atoms with Gasteiger partial charge in [0.2, 0.25) is 15.2 Å². The van der Waals surface area contributed by atoms with Crippen molar-refractivity contribution in [3.8, 4) is 10.6 Å². The summed E-state index contributed by atoms with van der Waals surface area (Å²) in [5, 5.41) is 11.6. The molecule has 1 saturated heterocycles. The highest BCUT2D eigenvalue weighted by atomic mass is 32.2. The van der Waals surface area contributed by atoms with Crippen LogP contribution in [-0.2, 0) is 10.0 Å². The van der Waals surface area contributed by atoms with Crippen molar-refractivity contribution >= 4 is 32.5 Å². The number of carbonyl (C=O) groups excluding carboxylic acids is 1. The molecule has 1 aliphatic rings. The zero-order chi connectivity index (χ0) is 19.4. The van der Waals surface area contributed by atoms with Gasteiger partial charge in [-0.1, -0.05) is 41.7 Å². The third-order valence-electron chi connectivity index (χ3n) is 4.39. The minimum atomic E-state index is -3.29. The maximum absolute atomic E-state index is 12.4. The molecule has 0 saturated carbocycles. The second-order valence-corrected chi connectivity index (χ2v) is 9.93. The molecule has 2 N–H and O–H groups in total. The van der Waals surface area contributed by atoms with E-state index in [0.717, 1.165) is 10.6 Å². The van der Waals surface area contributed by atoms with E-state index in [1.165, 1.54) is 11.3 Å². The predicted molar refractivity (Wildman–Crippen MR) is 106 cm³/mol. The quantitative estimate of drug-likeness (QED) is 0.790. The molecule has 0 atom stereocenters. The molecule has 3 rings (SSSR count). The third-order valence-corrected chi connectivity index (χ3v) is 7.18. The normalized spacial score (nSPS) is 15.9. The van der Waals surface area contributed by atoms with Crippen LogP contribution in [-0.4, -0.2) is 53.9 Å². The zero-order valence-electron chi connectivity index (χ0n) is 15.3. The van der Waals surface area contributed by atoms with Crippen LogP contribution in [0.15, 0.2) is 30.3 Å². The van der Waals surface area contributed by atoms with Gasteiger partial charge < -0.3 is 4.90 Å². The van der Waals surface area contributed by atoms with Crippen molar-refractivity contribution in [1.29, 1.82) is 0 Å². The highest BCUT2D eigenvalue weighted by Crippen LogP contribution is 2.26. The third kappa shape index (κ3) is 5.02. The molecule has 8 nitrogen and oxygen atoms in total. The number of amides is 2. The first-order valence-corrected chi connectivity index (χ1v) is 11.2. The van der Waals surface area contributed by atoms with Crippen LogP contribution in [0.3, 0.4) is 0 Å². The van der Waals surface area contributed by atoms with Gasteiger partial charge in [0.1, 0.15) is 5.01 Å². The van der Waals surface area contributed by atoms with Crippen LogP contribution in [0.25, 0.3) is 10.6 Å². The van der Waals surface area contributed by atoms with E-state index in [0.29, 0.717) is 31.1 Å². The smallest absolute Gasteiger partial charge is 0.323 e. The standard InChI is InChI=1S/C17H23N5O3S2/c1-12(2)27(24,25)21-14-8-10-22(11-9-14)17(23)18-16-20-19-15(26-16)13-6-4-3-5-7-13/h3-7,12,14,21H,8-11H2,1-2H3,(H,18,20,23). The Morgan fingerprint density at radius 1 is 1.19 bits per heavy atom. The number of anilines is 1. The van der Waals surface area contributed by atoms with Crippen molar-refractivity contribution in [3.05, 3.63) is 30.3 Å². The minimum Gasteiger partial charge on any atom is -0.324 e. The van der Waals surface area contributed by atoms with Gasteiger partial charge in [-0.15, -0.1) is 10.2 Å². The van der Waals surface area contributed by atoms with Gasteiger partial charge in [-0.25, -0.2) is 17.9 Å². The number of aromatic nitrogens is 2. The lowest BCUT2D eigenvalue weighted by molar-refractivity contribution is 0.193. The van der Waals surface area contributed by atoms with E-state index in [2.05, 4.69) is 20.2 Å². The fourth-order valence-corrected chi connectivity index (χ4v) is 4.42. The van der Waals surface area contributed by atoms with Gasteiger partial charge in [-0.2, -0.15) is 0 Å². The molecular formula is C17H23N5O3S2. The maximum Gasteiger partial charge on any atom is 0.323 e. The van der Waals surface area contributed by atoms with Crippen molar-refractivity contribution in [3.63, 3.8) is 0 Å². The molecule has 27 heavy (non-hydrogen) atoms. The number of hydrogen-bond donors (Lipinski definition) is 2. The summed E-state index contributed by atoms with van der Waals surface area (Å²) in [4.78, 5) is 14.1. The number of nitrogens with one attached hydrogen (secondary N) is 2. The Hall–Kier alpha value is -2.04. The molecule has 146 valence electrons. The number of carbonyl (C=O) groups is 1. The number of hydrogen-bond acceptors (Lipinski definition) is 6. The van der Waals surface area contributed by atoms with Crippen LogP contribution in [0, 0.1) is 0 Å². The fourth-order valence-electron chi connectivity index (χ4n) is 2.71. The van der Waals surface area contributed by atoms with Gasteiger partial charge in [0, 0.05) is 24.7 Å². The molecule has 2 amide bonds. The Labute approximate surface area is 163 Å². The van der Waals surface area contributed by atoms with Crippen LogP contribution in [0.1, 0.15) is 26.7 Å². The summed E-state index contributed by atoms with van der Waals surface area (Å²) in [5.41, 5.74) is 0.953. The molecule has 0 aliphatic carbocycles. The van der Waals surface area contributed by atoms with Crippen molar-refractivity contribution in [2.45, 2.75) is 38.0 Å². The Morgan fingerprint density at radius 2 is 1.85 bits per heavy atom. The van der Waals surface area contributed by atoms with Crippen LogP contribution in [0.4, 0.5) is 9.93 Å². The van der Waals surface area contributed by atoms with Crippen LogP contribution >= 0.6 is 11.3 Å². The van der Waals surface area contributed by atoms with Gasteiger partial charge >= 0.3 is 6.03 Å². The molecule has 0 unspecified atom stereocenters. The molecule has 10 heteroatoms. The molecule has 0 bridgehead atoms. The Bertz CT molecular complexity index is 875. The summed E-state index contributed by atoms with van der Waals surface area (Å²) in [6.45, 7) is 4.27. The van der Waals surface area contributed by atoms with Crippen molar-refractivity contribution in [1.82, 2.24) is 19.8 Å². The van der Waals surface area contributed by atoms with E-state index < -0.39 is 15.3 Å². The zero-order valence-corrected chi connectivity index (χ0v) is 16.9. The number of likely N-dealkylation sites (tertiary alicyclic amines) is 1. The van der Waals surface area contributed by atoms with Gasteiger partial charge in [-0.05, 0) is 26.7 Å². The number of rotatable bonds is 5. The molecule has 1 aliphatic heterocycles. The summed E-state index contributed by atoms with van der Waals surface area (Å²) >= 11 is 1.32. The summed E-state index contributed by atoms with van der Waals surface area (Å²) in [5.74, 6) is 0. The van der Waals surface area contributed by atoms with Gasteiger partial charge in [0.15, 0.2) is 0 Å². The highest BCUT2D eigenvalue weighted by Gasteiger charge is 2.27. The number of benzene rings is 1. The van der Waals surface area contributed by atoms with Crippen molar-refractivity contribution in [2.24, 2.45) is 0 Å². The predicted octanol–water partition coefficient (Wildman–Crippen LogP) is 2.53. The van der Waals surface area contributed by atoms with Gasteiger partial charge in [-0.3, -0.25) is 5.32 Å². The summed E-state index contributed by atoms with van der Waals surface area (Å²) in [6.07, 6.45) is 1.18. The topological polar surface area (TPSA) is 104 Å². The van der Waals surface area contributed by atoms with Crippen molar-refractivity contribution in [2.75, 3.05) is 18.4 Å². The Morgan fingerprint density at radius 3 is 2.48 bits per heavy atom. The molecule has 2 heterocycles. The van der Waals surface area contributed by atoms with Gasteiger partial charge in [0.05, 0.1) is 5.25 Å². The lowest BCUT2D eigenvalue weighted by Gasteiger charge is -2.32. The van der Waals surface area contributed by atoms with Crippen LogP contribution in [0.2, 0.25) is 0 Å². The fraction of sp³-hybridized carbons (Fsp3) is 0.471. The van der Waals surface area contributed by atoms with Gasteiger partial charge in [0.25, 0.3) is 0 Å². The molecule has 2 aromatic rings. The Balaban J connectivity index is 1.52. The second-order valence-electron chi connectivity index (χ2n) is 6.68. The molecule has 0 spiro atoms. The van der Waals surface area contributed by atoms with E-state index in [4.69, 9.17) is 0 Å². The molecular weight excluding hydrogens is 386 g/mol. The number of urea groups is 1. The summed E-state index contributed by atoms with van der Waals surface area (Å²) in [7, 11) is -3.29.